The van der Waals surface area contributed by atoms with Gasteiger partial charge in [-0.2, -0.15) is 5.10 Å². The van der Waals surface area contributed by atoms with Gasteiger partial charge in [-0.1, -0.05) is 6.92 Å². The molecule has 5 heteroatoms. The fraction of sp³-hybridized carbons (Fsp3) is 0.857. The zero-order chi connectivity index (χ0) is 13.7. The molecule has 1 aliphatic heterocycles. The smallest absolute Gasteiger partial charge is 0.138 e. The van der Waals surface area contributed by atoms with Gasteiger partial charge < -0.3 is 10.1 Å². The van der Waals surface area contributed by atoms with Crippen LogP contribution in [0.2, 0.25) is 0 Å². The molecule has 2 rings (SSSR count). The highest BCUT2D eigenvalue weighted by molar-refractivity contribution is 5.00. The van der Waals surface area contributed by atoms with Gasteiger partial charge in [0, 0.05) is 31.5 Å². The average molecular weight is 266 g/mol. The fourth-order valence-electron chi connectivity index (χ4n) is 2.86. The lowest BCUT2D eigenvalue weighted by molar-refractivity contribution is 0.0615. The molecule has 1 N–H and O–H groups in total. The van der Waals surface area contributed by atoms with Crippen molar-refractivity contribution in [2.75, 3.05) is 19.7 Å². The van der Waals surface area contributed by atoms with Crippen molar-refractivity contribution in [2.45, 2.75) is 52.7 Å². The summed E-state index contributed by atoms with van der Waals surface area (Å²) in [6.45, 7) is 10.3. The molecule has 2 unspecified atom stereocenters. The van der Waals surface area contributed by atoms with Crippen molar-refractivity contribution >= 4 is 0 Å². The van der Waals surface area contributed by atoms with E-state index in [-0.39, 0.29) is 11.5 Å². The first-order chi connectivity index (χ1) is 9.22. The zero-order valence-corrected chi connectivity index (χ0v) is 12.4. The first kappa shape index (κ1) is 14.5. The van der Waals surface area contributed by atoms with Crippen LogP contribution >= 0.6 is 0 Å². The fourth-order valence-corrected chi connectivity index (χ4v) is 2.86. The predicted octanol–water partition coefficient (Wildman–Crippen LogP) is 1.64. The van der Waals surface area contributed by atoms with Gasteiger partial charge in [0.2, 0.25) is 0 Å². The Morgan fingerprint density at radius 3 is 3.00 bits per heavy atom. The van der Waals surface area contributed by atoms with Gasteiger partial charge in [0.1, 0.15) is 12.2 Å². The maximum Gasteiger partial charge on any atom is 0.138 e. The van der Waals surface area contributed by atoms with Crippen LogP contribution in [0.4, 0.5) is 0 Å². The molecular weight excluding hydrogens is 240 g/mol. The molecule has 0 bridgehead atoms. The molecule has 1 aromatic rings. The summed E-state index contributed by atoms with van der Waals surface area (Å²) in [6, 6.07) is 0. The second-order valence-corrected chi connectivity index (χ2v) is 5.47. The Kier molecular flexibility index (Phi) is 4.93. The Labute approximate surface area is 115 Å². The molecule has 0 radical (unpaired) electrons. The molecule has 0 saturated carbocycles. The largest absolute Gasteiger partial charge is 0.378 e. The number of nitrogens with one attached hydrogen (secondary N) is 1. The van der Waals surface area contributed by atoms with E-state index in [1.807, 2.05) is 4.68 Å². The van der Waals surface area contributed by atoms with E-state index in [4.69, 9.17) is 4.74 Å². The third-order valence-electron chi connectivity index (χ3n) is 4.24. The summed E-state index contributed by atoms with van der Waals surface area (Å²) in [5.41, 5.74) is 0.162. The van der Waals surface area contributed by atoms with Crippen LogP contribution in [0.5, 0.6) is 0 Å². The molecule has 0 aliphatic carbocycles. The summed E-state index contributed by atoms with van der Waals surface area (Å²) < 4.78 is 7.82. The highest BCUT2D eigenvalue weighted by Crippen LogP contribution is 2.37. The lowest BCUT2D eigenvalue weighted by Gasteiger charge is -2.32. The molecular formula is C14H26N4O. The van der Waals surface area contributed by atoms with Crippen LogP contribution in [0.1, 0.15) is 39.4 Å². The second kappa shape index (κ2) is 6.48. The number of hydrogen-bond donors (Lipinski definition) is 1. The van der Waals surface area contributed by atoms with Crippen molar-refractivity contribution in [3.8, 4) is 0 Å². The van der Waals surface area contributed by atoms with Crippen LogP contribution < -0.4 is 5.32 Å². The van der Waals surface area contributed by atoms with E-state index in [0.717, 1.165) is 51.3 Å². The normalized spacial score (nSPS) is 27.0. The summed E-state index contributed by atoms with van der Waals surface area (Å²) in [5.74, 6) is 1.08. The number of ether oxygens (including phenoxy) is 1. The molecule has 1 saturated heterocycles. The lowest BCUT2D eigenvalue weighted by Crippen LogP contribution is -2.42. The van der Waals surface area contributed by atoms with Crippen molar-refractivity contribution in [3.05, 3.63) is 12.2 Å². The van der Waals surface area contributed by atoms with Crippen LogP contribution in [-0.4, -0.2) is 40.6 Å². The predicted molar refractivity (Wildman–Crippen MR) is 75.0 cm³/mol. The third kappa shape index (κ3) is 3.15. The van der Waals surface area contributed by atoms with Crippen molar-refractivity contribution in [1.29, 1.82) is 0 Å². The highest BCUT2D eigenvalue weighted by atomic mass is 16.5. The first-order valence-electron chi connectivity index (χ1n) is 7.41. The van der Waals surface area contributed by atoms with E-state index in [0.29, 0.717) is 0 Å². The van der Waals surface area contributed by atoms with Gasteiger partial charge in [0.15, 0.2) is 0 Å². The standard InChI is InChI=1S/C14H26N4O/c1-4-7-15-10-14(6-8-19-12(14)3)9-13-16-11-17-18(13)5-2/h11-12,15H,4-10H2,1-3H3. The molecule has 19 heavy (non-hydrogen) atoms. The van der Waals surface area contributed by atoms with Crippen LogP contribution in [0.15, 0.2) is 6.33 Å². The van der Waals surface area contributed by atoms with E-state index in [1.165, 1.54) is 0 Å². The van der Waals surface area contributed by atoms with Gasteiger partial charge in [-0.15, -0.1) is 0 Å². The molecule has 0 amide bonds. The minimum atomic E-state index is 0.162. The highest BCUT2D eigenvalue weighted by Gasteiger charge is 2.42. The SMILES string of the molecule is CCCNCC1(Cc2ncnn2CC)CCOC1C. The van der Waals surface area contributed by atoms with Crippen molar-refractivity contribution in [1.82, 2.24) is 20.1 Å². The average Bonchev–Trinajstić information content (AvgIpc) is 2.98. The number of aryl methyl sites for hydroxylation is 1. The number of hydrogen-bond acceptors (Lipinski definition) is 4. The van der Waals surface area contributed by atoms with Gasteiger partial charge in [-0.25, -0.2) is 4.98 Å². The van der Waals surface area contributed by atoms with Crippen molar-refractivity contribution < 1.29 is 4.74 Å². The van der Waals surface area contributed by atoms with Gasteiger partial charge in [0.05, 0.1) is 6.10 Å². The number of rotatable bonds is 7. The maximum atomic E-state index is 5.82. The summed E-state index contributed by atoms with van der Waals surface area (Å²) in [7, 11) is 0. The van der Waals surface area contributed by atoms with Crippen LogP contribution in [0.25, 0.3) is 0 Å². The molecule has 2 heterocycles. The molecule has 1 aromatic heterocycles. The Hall–Kier alpha value is -0.940. The third-order valence-corrected chi connectivity index (χ3v) is 4.24. The van der Waals surface area contributed by atoms with Gasteiger partial charge in [-0.3, -0.25) is 4.68 Å². The van der Waals surface area contributed by atoms with Gasteiger partial charge in [-0.05, 0) is 33.2 Å². The van der Waals surface area contributed by atoms with Crippen LogP contribution in [-0.2, 0) is 17.7 Å². The van der Waals surface area contributed by atoms with E-state index in [1.54, 1.807) is 6.33 Å². The molecule has 1 fully saturated rings. The summed E-state index contributed by atoms with van der Waals surface area (Å²) in [5, 5.41) is 7.83. The quantitative estimate of drug-likeness (QED) is 0.762. The molecule has 5 nitrogen and oxygen atoms in total. The summed E-state index contributed by atoms with van der Waals surface area (Å²) >= 11 is 0. The number of aromatic nitrogens is 3. The van der Waals surface area contributed by atoms with E-state index < -0.39 is 0 Å². The van der Waals surface area contributed by atoms with Crippen LogP contribution in [0, 0.1) is 5.41 Å². The molecule has 0 aromatic carbocycles. The minimum Gasteiger partial charge on any atom is -0.378 e. The number of nitrogens with zero attached hydrogens (tertiary/aromatic N) is 3. The molecule has 2 atom stereocenters. The van der Waals surface area contributed by atoms with Crippen molar-refractivity contribution in [2.24, 2.45) is 5.41 Å². The lowest BCUT2D eigenvalue weighted by atomic mass is 9.78. The van der Waals surface area contributed by atoms with Gasteiger partial charge >= 0.3 is 0 Å². The Bertz CT molecular complexity index is 393. The minimum absolute atomic E-state index is 0.162. The van der Waals surface area contributed by atoms with E-state index >= 15 is 0 Å². The zero-order valence-electron chi connectivity index (χ0n) is 12.4. The second-order valence-electron chi connectivity index (χ2n) is 5.47. The summed E-state index contributed by atoms with van der Waals surface area (Å²) in [6.07, 6.45) is 5.14. The first-order valence-corrected chi connectivity index (χ1v) is 7.41. The van der Waals surface area contributed by atoms with E-state index in [9.17, 15) is 0 Å². The van der Waals surface area contributed by atoms with Gasteiger partial charge in [0.25, 0.3) is 0 Å². The Balaban J connectivity index is 2.09. The molecule has 0 spiro atoms. The topological polar surface area (TPSA) is 52.0 Å². The Morgan fingerprint density at radius 1 is 1.53 bits per heavy atom. The monoisotopic (exact) mass is 266 g/mol. The Morgan fingerprint density at radius 2 is 2.37 bits per heavy atom. The van der Waals surface area contributed by atoms with E-state index in [2.05, 4.69) is 36.2 Å². The van der Waals surface area contributed by atoms with Crippen LogP contribution in [0.3, 0.4) is 0 Å². The summed E-state index contributed by atoms with van der Waals surface area (Å²) in [4.78, 5) is 4.43. The maximum absolute atomic E-state index is 5.82. The molecule has 1 aliphatic rings. The molecule has 108 valence electrons. The van der Waals surface area contributed by atoms with Crippen molar-refractivity contribution in [3.63, 3.8) is 0 Å².